The largest absolute Gasteiger partial charge is 0.539 e. The average molecular weight is 508 g/mol. The van der Waals surface area contributed by atoms with E-state index in [0.717, 1.165) is 0 Å². The maximum absolute atomic E-state index is 10.9. The second-order valence-electron chi connectivity index (χ2n) is 7.18. The number of rotatable bonds is 10. The summed E-state index contributed by atoms with van der Waals surface area (Å²) in [6.45, 7) is 6.17. The number of halogens is 1. The van der Waals surface area contributed by atoms with Crippen molar-refractivity contribution in [2.24, 2.45) is 0 Å². The van der Waals surface area contributed by atoms with Gasteiger partial charge in [-0.3, -0.25) is 0 Å². The molecule has 8 nitrogen and oxygen atoms in total. The number of nitrogens with one attached hydrogen (secondary N) is 1. The number of methoxy groups -OCH3 is 2. The van der Waals surface area contributed by atoms with E-state index in [4.69, 9.17) is 18.3 Å². The normalized spacial score (nSPS) is 12.8. The Morgan fingerprint density at radius 1 is 1.24 bits per heavy atom. The van der Waals surface area contributed by atoms with Gasteiger partial charge in [0.1, 0.15) is 11.5 Å². The van der Waals surface area contributed by atoms with Crippen LogP contribution in [0.4, 0.5) is 0 Å². The molecule has 1 heterocycles. The smallest absolute Gasteiger partial charge is 0.242 e. The first-order valence-corrected chi connectivity index (χ1v) is 14.4. The molecule has 0 bridgehead atoms. The number of hydrogen-bond acceptors (Lipinski definition) is 7. The molecule has 0 saturated carbocycles. The van der Waals surface area contributed by atoms with E-state index in [1.54, 1.807) is 25.3 Å². The molecule has 0 aliphatic heterocycles. The molecule has 0 radical (unpaired) electrons. The molecule has 29 heavy (non-hydrogen) atoms. The van der Waals surface area contributed by atoms with Gasteiger partial charge in [0.2, 0.25) is 25.0 Å². The zero-order valence-electron chi connectivity index (χ0n) is 16.9. The minimum absolute atomic E-state index is 0.138. The van der Waals surface area contributed by atoms with Crippen LogP contribution in [0.25, 0.3) is 11.3 Å². The number of aromatic hydroxyl groups is 1. The second-order valence-corrected chi connectivity index (χ2v) is 13.5. The van der Waals surface area contributed by atoms with Gasteiger partial charge in [-0.2, -0.15) is 0 Å². The third-order valence-electron chi connectivity index (χ3n) is 3.85. The highest BCUT2D eigenvalue weighted by atomic mass is 79.9. The molecule has 0 spiro atoms. The predicted molar refractivity (Wildman–Crippen MR) is 117 cm³/mol. The Hall–Kier alpha value is -1.69. The molecule has 1 unspecified atom stereocenters. The molecule has 1 aromatic heterocycles. The summed E-state index contributed by atoms with van der Waals surface area (Å²) in [6, 6.07) is 5.16. The number of alkyl halides is 1. The molecule has 1 atom stereocenters. The average Bonchev–Trinajstić information content (AvgIpc) is 2.95. The van der Waals surface area contributed by atoms with E-state index in [9.17, 15) is 13.5 Å². The van der Waals surface area contributed by atoms with Gasteiger partial charge in [-0.05, 0) is 44.3 Å². The standard InChI is InChI=1S/C18H26BrNO7SSi/c1-24-11-6-7-14(25-2)12(10-11)16-15(21)18(27-29(3,4)5)17(26-16)13(19)8-9-20-28(22)23/h6-7,10,13,21,28H,8-9H2,1-5H3,(H,20,22,23). The number of thiol groups is 1. The quantitative estimate of drug-likeness (QED) is 0.254. The van der Waals surface area contributed by atoms with Crippen molar-refractivity contribution in [2.45, 2.75) is 30.9 Å². The van der Waals surface area contributed by atoms with Crippen molar-refractivity contribution in [3.63, 3.8) is 0 Å². The van der Waals surface area contributed by atoms with Gasteiger partial charge in [0.25, 0.3) is 0 Å². The maximum Gasteiger partial charge on any atom is 0.242 e. The van der Waals surface area contributed by atoms with Gasteiger partial charge in [0, 0.05) is 6.54 Å². The van der Waals surface area contributed by atoms with E-state index in [2.05, 4.69) is 20.7 Å². The molecule has 0 aliphatic rings. The third kappa shape index (κ3) is 6.14. The van der Waals surface area contributed by atoms with E-state index >= 15 is 0 Å². The molecular weight excluding hydrogens is 482 g/mol. The lowest BCUT2D eigenvalue weighted by molar-refractivity contribution is 0.401. The molecule has 162 valence electrons. The van der Waals surface area contributed by atoms with Crippen LogP contribution in [-0.2, 0) is 10.9 Å². The fourth-order valence-electron chi connectivity index (χ4n) is 2.62. The lowest BCUT2D eigenvalue weighted by atomic mass is 10.1. The van der Waals surface area contributed by atoms with Crippen molar-refractivity contribution >= 4 is 35.1 Å². The molecule has 0 fully saturated rings. The monoisotopic (exact) mass is 507 g/mol. The Kier molecular flexibility index (Phi) is 8.03. The first-order chi connectivity index (χ1) is 13.6. The number of ether oxygens (including phenoxy) is 2. The van der Waals surface area contributed by atoms with Gasteiger partial charge in [-0.25, -0.2) is 13.1 Å². The minimum atomic E-state index is -2.68. The molecule has 0 saturated heterocycles. The molecule has 2 N–H and O–H groups in total. The fourth-order valence-corrected chi connectivity index (χ4v) is 4.27. The van der Waals surface area contributed by atoms with Crippen molar-refractivity contribution in [1.29, 1.82) is 0 Å². The Bertz CT molecular complexity index is 916. The lowest BCUT2D eigenvalue weighted by Crippen LogP contribution is -2.29. The maximum atomic E-state index is 10.9. The second kappa shape index (κ2) is 9.87. The van der Waals surface area contributed by atoms with Crippen molar-refractivity contribution in [2.75, 3.05) is 20.8 Å². The van der Waals surface area contributed by atoms with Crippen LogP contribution in [0.5, 0.6) is 23.0 Å². The Morgan fingerprint density at radius 3 is 2.48 bits per heavy atom. The van der Waals surface area contributed by atoms with Gasteiger partial charge >= 0.3 is 0 Å². The third-order valence-corrected chi connectivity index (χ3v) is 6.02. The van der Waals surface area contributed by atoms with Gasteiger partial charge in [-0.1, -0.05) is 15.9 Å². The van der Waals surface area contributed by atoms with E-state index in [1.165, 1.54) is 7.11 Å². The van der Waals surface area contributed by atoms with Crippen molar-refractivity contribution in [1.82, 2.24) is 4.72 Å². The van der Waals surface area contributed by atoms with Crippen LogP contribution in [0.2, 0.25) is 19.6 Å². The van der Waals surface area contributed by atoms with E-state index in [-0.39, 0.29) is 28.6 Å². The van der Waals surface area contributed by atoms with Crippen molar-refractivity contribution in [3.05, 3.63) is 24.0 Å². The Labute approximate surface area is 181 Å². The summed E-state index contributed by atoms with van der Waals surface area (Å²) in [7, 11) is -1.71. The summed E-state index contributed by atoms with van der Waals surface area (Å²) in [5.41, 5.74) is 0.511. The summed E-state index contributed by atoms with van der Waals surface area (Å²) < 4.78 is 46.7. The van der Waals surface area contributed by atoms with Crippen LogP contribution in [0.1, 0.15) is 17.0 Å². The topological polar surface area (TPSA) is 107 Å². The summed E-state index contributed by atoms with van der Waals surface area (Å²) in [5, 5.41) is 10.9. The van der Waals surface area contributed by atoms with E-state index < -0.39 is 19.2 Å². The highest BCUT2D eigenvalue weighted by Gasteiger charge is 2.31. The Balaban J connectivity index is 2.55. The molecule has 1 aromatic carbocycles. The summed E-state index contributed by atoms with van der Waals surface area (Å²) in [5.74, 6) is 1.75. The van der Waals surface area contributed by atoms with Crippen LogP contribution in [0.3, 0.4) is 0 Å². The molecule has 0 amide bonds. The summed E-state index contributed by atoms with van der Waals surface area (Å²) >= 11 is 3.52. The van der Waals surface area contributed by atoms with Gasteiger partial charge in [-0.15, -0.1) is 0 Å². The zero-order chi connectivity index (χ0) is 21.8. The van der Waals surface area contributed by atoms with E-state index in [0.29, 0.717) is 29.2 Å². The minimum Gasteiger partial charge on any atom is -0.539 e. The van der Waals surface area contributed by atoms with Crippen LogP contribution in [-0.4, -0.2) is 42.6 Å². The van der Waals surface area contributed by atoms with Crippen LogP contribution in [0.15, 0.2) is 22.6 Å². The first kappa shape index (κ1) is 23.6. The Morgan fingerprint density at radius 2 is 1.93 bits per heavy atom. The van der Waals surface area contributed by atoms with Crippen molar-refractivity contribution in [3.8, 4) is 34.3 Å². The SMILES string of the molecule is COc1ccc(OC)c(-c2oc(C(Br)CCN[SH](=O)=O)c(O[Si](C)(C)C)c2O)c1. The number of hydrogen-bond donors (Lipinski definition) is 3. The van der Waals surface area contributed by atoms with E-state index in [1.807, 2.05) is 19.6 Å². The van der Waals surface area contributed by atoms with Gasteiger partial charge < -0.3 is 23.4 Å². The molecule has 2 aromatic rings. The highest BCUT2D eigenvalue weighted by Crippen LogP contribution is 2.50. The predicted octanol–water partition coefficient (Wildman–Crippen LogP) is 3.83. The molecular formula is C18H26BrNO7SSi. The lowest BCUT2D eigenvalue weighted by Gasteiger charge is -2.20. The first-order valence-electron chi connectivity index (χ1n) is 8.86. The number of benzene rings is 1. The highest BCUT2D eigenvalue weighted by molar-refractivity contribution is 9.09. The summed E-state index contributed by atoms with van der Waals surface area (Å²) in [4.78, 5) is -0.382. The number of furan rings is 1. The molecule has 11 heteroatoms. The van der Waals surface area contributed by atoms with Gasteiger partial charge in [0.05, 0.1) is 24.6 Å². The zero-order valence-corrected chi connectivity index (χ0v) is 20.4. The van der Waals surface area contributed by atoms with Crippen LogP contribution in [0, 0.1) is 0 Å². The van der Waals surface area contributed by atoms with Crippen LogP contribution >= 0.6 is 15.9 Å². The fraction of sp³-hybridized carbons (Fsp3) is 0.444. The summed E-state index contributed by atoms with van der Waals surface area (Å²) in [6.07, 6.45) is 0.396. The van der Waals surface area contributed by atoms with Crippen molar-refractivity contribution < 1.29 is 31.8 Å². The molecule has 0 aliphatic carbocycles. The van der Waals surface area contributed by atoms with Crippen LogP contribution < -0.4 is 18.6 Å². The molecule has 2 rings (SSSR count). The van der Waals surface area contributed by atoms with Gasteiger partial charge in [0.15, 0.2) is 17.3 Å².